The molecule has 0 aliphatic rings. The van der Waals surface area contributed by atoms with Crippen LogP contribution in [0.15, 0.2) is 153 Å². The van der Waals surface area contributed by atoms with Crippen molar-refractivity contribution in [1.29, 1.82) is 0 Å². The molecule has 6 aromatic carbocycles. The van der Waals surface area contributed by atoms with Crippen LogP contribution in [0.5, 0.6) is 0 Å². The molecule has 2 heterocycles. The number of fused-ring (bicyclic) bond motifs is 6. The molecule has 0 aliphatic heterocycles. The lowest BCUT2D eigenvalue weighted by Crippen LogP contribution is -2.16. The maximum atomic E-state index is 13.7. The number of nitrogens with zero attached hydrogens (tertiary/aromatic N) is 6. The second-order valence-corrected chi connectivity index (χ2v) is 15.4. The zero-order valence-corrected chi connectivity index (χ0v) is 32.4. The molecule has 0 aliphatic carbocycles. The van der Waals surface area contributed by atoms with Crippen molar-refractivity contribution in [1.82, 2.24) is 9.13 Å². The van der Waals surface area contributed by atoms with E-state index in [0.717, 1.165) is 35.6 Å². The Labute approximate surface area is 322 Å². The fourth-order valence-electron chi connectivity index (χ4n) is 7.65. The van der Waals surface area contributed by atoms with Gasteiger partial charge in [-0.1, -0.05) is 48.5 Å². The molecule has 8 nitrogen and oxygen atoms in total. The van der Waals surface area contributed by atoms with Crippen molar-refractivity contribution in [3.8, 4) is 0 Å². The highest BCUT2D eigenvalue weighted by Crippen LogP contribution is 2.31. The highest BCUT2D eigenvalue weighted by Gasteiger charge is 2.19. The standard InChI is InChI=1S/C46H44N6O2S/c1-5-49-43-15-11-9-13-39(43)41-29-33(17-27-45(41)49)31-47-51(7-3)35-19-23-37(24-20-35)55(53,54)38-25-21-36(22-26-38)52(8-4)48-32-34-18-28-46-42(30-34)40-14-10-12-16-44(40)50(46)6-2/h9-32H,5-8H2,1-4H3/b47-31+,48-32+. The smallest absolute Gasteiger partial charge is 0.206 e. The van der Waals surface area contributed by atoms with Crippen molar-refractivity contribution in [2.45, 2.75) is 50.6 Å². The highest BCUT2D eigenvalue weighted by molar-refractivity contribution is 7.91. The Bertz CT molecular complexity index is 2640. The Morgan fingerprint density at radius 3 is 1.25 bits per heavy atom. The van der Waals surface area contributed by atoms with Gasteiger partial charge in [0.05, 0.1) is 33.6 Å². The van der Waals surface area contributed by atoms with Crippen LogP contribution >= 0.6 is 0 Å². The first kappa shape index (κ1) is 35.8. The van der Waals surface area contributed by atoms with E-state index in [-0.39, 0.29) is 9.79 Å². The topological polar surface area (TPSA) is 75.2 Å². The van der Waals surface area contributed by atoms with Gasteiger partial charge in [0, 0.05) is 69.8 Å². The number of aromatic nitrogens is 2. The fraction of sp³-hybridized carbons (Fsp3) is 0.174. The maximum Gasteiger partial charge on any atom is 0.206 e. The molecule has 0 saturated carbocycles. The van der Waals surface area contributed by atoms with Gasteiger partial charge < -0.3 is 9.13 Å². The van der Waals surface area contributed by atoms with E-state index in [4.69, 9.17) is 10.2 Å². The molecule has 9 heteroatoms. The minimum Gasteiger partial charge on any atom is -0.341 e. The molecule has 8 rings (SSSR count). The molecule has 2 aromatic heterocycles. The van der Waals surface area contributed by atoms with E-state index in [1.165, 1.54) is 43.6 Å². The molecule has 0 N–H and O–H groups in total. The number of hydrogen-bond donors (Lipinski definition) is 0. The molecule has 0 spiro atoms. The summed E-state index contributed by atoms with van der Waals surface area (Å²) in [7, 11) is -3.74. The second kappa shape index (κ2) is 14.9. The van der Waals surface area contributed by atoms with Crippen molar-refractivity contribution in [2.75, 3.05) is 23.1 Å². The largest absolute Gasteiger partial charge is 0.341 e. The van der Waals surface area contributed by atoms with Gasteiger partial charge in [0.1, 0.15) is 0 Å². The predicted octanol–water partition coefficient (Wildman–Crippen LogP) is 10.5. The van der Waals surface area contributed by atoms with Crippen molar-refractivity contribution in [3.63, 3.8) is 0 Å². The highest BCUT2D eigenvalue weighted by atomic mass is 32.2. The first-order chi connectivity index (χ1) is 26.8. The third-order valence-electron chi connectivity index (χ3n) is 10.4. The van der Waals surface area contributed by atoms with Crippen molar-refractivity contribution in [3.05, 3.63) is 145 Å². The second-order valence-electron chi connectivity index (χ2n) is 13.5. The summed E-state index contributed by atoms with van der Waals surface area (Å²) in [6.45, 7) is 11.4. The van der Waals surface area contributed by atoms with Crippen LogP contribution in [0.4, 0.5) is 11.4 Å². The summed E-state index contributed by atoms with van der Waals surface area (Å²) in [5.41, 5.74) is 8.48. The number of aryl methyl sites for hydroxylation is 2. The summed E-state index contributed by atoms with van der Waals surface area (Å²) in [5.74, 6) is 0. The number of para-hydroxylation sites is 2. The van der Waals surface area contributed by atoms with Crippen LogP contribution in [-0.2, 0) is 22.9 Å². The Morgan fingerprint density at radius 2 is 0.873 bits per heavy atom. The van der Waals surface area contributed by atoms with Gasteiger partial charge in [-0.05, 0) is 124 Å². The quantitative estimate of drug-likeness (QED) is 0.0922. The van der Waals surface area contributed by atoms with E-state index in [1.807, 2.05) is 60.6 Å². The van der Waals surface area contributed by atoms with Gasteiger partial charge in [-0.2, -0.15) is 10.2 Å². The van der Waals surface area contributed by atoms with Crippen LogP contribution in [0.25, 0.3) is 43.6 Å². The molecule has 0 atom stereocenters. The summed E-state index contributed by atoms with van der Waals surface area (Å²) in [6.07, 6.45) is 3.73. The number of rotatable bonds is 12. The van der Waals surface area contributed by atoms with Gasteiger partial charge >= 0.3 is 0 Å². The van der Waals surface area contributed by atoms with E-state index in [0.29, 0.717) is 13.1 Å². The molecule has 276 valence electrons. The van der Waals surface area contributed by atoms with Crippen LogP contribution in [0.2, 0.25) is 0 Å². The summed E-state index contributed by atoms with van der Waals surface area (Å²) in [5, 5.41) is 18.2. The molecule has 0 fully saturated rings. The summed E-state index contributed by atoms with van der Waals surface area (Å²) < 4.78 is 32.1. The molecule has 8 aromatic rings. The lowest BCUT2D eigenvalue weighted by atomic mass is 10.1. The molecular formula is C46H44N6O2S. The van der Waals surface area contributed by atoms with Crippen LogP contribution in [0, 0.1) is 0 Å². The third kappa shape index (κ3) is 6.55. The van der Waals surface area contributed by atoms with Gasteiger partial charge in [0.2, 0.25) is 9.84 Å². The predicted molar refractivity (Wildman–Crippen MR) is 230 cm³/mol. The number of hydrazone groups is 2. The van der Waals surface area contributed by atoms with Crippen molar-refractivity contribution < 1.29 is 8.42 Å². The summed E-state index contributed by atoms with van der Waals surface area (Å²) >= 11 is 0. The molecule has 0 bridgehead atoms. The van der Waals surface area contributed by atoms with E-state index in [2.05, 4.69) is 108 Å². The van der Waals surface area contributed by atoms with Crippen LogP contribution in [-0.4, -0.2) is 43.1 Å². The normalized spacial score (nSPS) is 12.3. The monoisotopic (exact) mass is 744 g/mol. The first-order valence-corrected chi connectivity index (χ1v) is 20.4. The lowest BCUT2D eigenvalue weighted by molar-refractivity contribution is 0.596. The average Bonchev–Trinajstić information content (AvgIpc) is 3.73. The molecule has 0 amide bonds. The lowest BCUT2D eigenvalue weighted by Gasteiger charge is -2.18. The average molecular weight is 745 g/mol. The zero-order valence-electron chi connectivity index (χ0n) is 31.6. The van der Waals surface area contributed by atoms with E-state index < -0.39 is 9.84 Å². The Balaban J connectivity index is 0.974. The van der Waals surface area contributed by atoms with Crippen molar-refractivity contribution in [2.24, 2.45) is 10.2 Å². The number of hydrogen-bond acceptors (Lipinski definition) is 6. The number of benzene rings is 6. The fourth-order valence-corrected chi connectivity index (χ4v) is 8.91. The summed E-state index contributed by atoms with van der Waals surface area (Å²) in [4.78, 5) is 0.457. The molecule has 0 unspecified atom stereocenters. The SMILES string of the molecule is CCN(/N=C/c1ccc2c(c1)c1ccccc1n2CC)c1ccc(S(=O)(=O)c2ccc(N(CC)/N=C/c3ccc4c(c3)c3ccccc3n4CC)cc2)cc1. The Hall–Kier alpha value is -6.19. The van der Waals surface area contributed by atoms with E-state index in [1.54, 1.807) is 24.3 Å². The summed E-state index contributed by atoms with van der Waals surface area (Å²) in [6, 6.07) is 43.7. The van der Waals surface area contributed by atoms with E-state index >= 15 is 0 Å². The zero-order chi connectivity index (χ0) is 38.1. The van der Waals surface area contributed by atoms with Crippen molar-refractivity contribution >= 4 is 77.3 Å². The minimum atomic E-state index is -3.74. The van der Waals surface area contributed by atoms with Gasteiger partial charge in [0.15, 0.2) is 0 Å². The first-order valence-electron chi connectivity index (χ1n) is 18.9. The number of sulfone groups is 1. The Morgan fingerprint density at radius 1 is 0.491 bits per heavy atom. The molecule has 55 heavy (non-hydrogen) atoms. The number of anilines is 2. The van der Waals surface area contributed by atoms with Gasteiger partial charge in [-0.25, -0.2) is 8.42 Å². The minimum absolute atomic E-state index is 0.229. The van der Waals surface area contributed by atoms with Gasteiger partial charge in [0.25, 0.3) is 0 Å². The van der Waals surface area contributed by atoms with Crippen LogP contribution in [0.3, 0.4) is 0 Å². The van der Waals surface area contributed by atoms with Crippen LogP contribution in [0.1, 0.15) is 38.8 Å². The molecular weight excluding hydrogens is 701 g/mol. The van der Waals surface area contributed by atoms with Gasteiger partial charge in [-0.15, -0.1) is 0 Å². The van der Waals surface area contributed by atoms with Gasteiger partial charge in [-0.3, -0.25) is 10.0 Å². The van der Waals surface area contributed by atoms with E-state index in [9.17, 15) is 8.42 Å². The van der Waals surface area contributed by atoms with Crippen LogP contribution < -0.4 is 10.0 Å². The Kier molecular flexibility index (Phi) is 9.71. The third-order valence-corrected chi connectivity index (χ3v) is 12.2. The molecule has 0 saturated heterocycles. The maximum absolute atomic E-state index is 13.7. The molecule has 0 radical (unpaired) electrons.